The first-order valence-electron chi connectivity index (χ1n) is 8.66. The third-order valence-corrected chi connectivity index (χ3v) is 4.45. The van der Waals surface area contributed by atoms with E-state index in [4.69, 9.17) is 14.2 Å². The molecule has 146 valence electrons. The molecule has 2 aliphatic rings. The van der Waals surface area contributed by atoms with Crippen LogP contribution in [-0.4, -0.2) is 19.3 Å². The third kappa shape index (κ3) is 3.76. The SMILES string of the molecule is O=C(/C=C1\CCCOc2cc(C(F)(F)F)ccc21)Nc1ccc2c(c1)OCO2. The van der Waals surface area contributed by atoms with Gasteiger partial charge in [-0.25, -0.2) is 0 Å². The van der Waals surface area contributed by atoms with Crippen molar-refractivity contribution in [1.82, 2.24) is 0 Å². The molecule has 0 atom stereocenters. The van der Waals surface area contributed by atoms with Crippen LogP contribution in [0.5, 0.6) is 17.2 Å². The maximum atomic E-state index is 13.0. The van der Waals surface area contributed by atoms with Crippen LogP contribution < -0.4 is 19.5 Å². The molecule has 2 aliphatic heterocycles. The van der Waals surface area contributed by atoms with E-state index in [1.165, 1.54) is 12.1 Å². The fraction of sp³-hybridized carbons (Fsp3) is 0.250. The van der Waals surface area contributed by atoms with Gasteiger partial charge < -0.3 is 19.5 Å². The van der Waals surface area contributed by atoms with E-state index in [0.717, 1.165) is 12.1 Å². The van der Waals surface area contributed by atoms with E-state index in [1.54, 1.807) is 18.2 Å². The van der Waals surface area contributed by atoms with Crippen LogP contribution in [0.25, 0.3) is 5.57 Å². The van der Waals surface area contributed by atoms with Crippen LogP contribution in [0.1, 0.15) is 24.0 Å². The molecular weight excluding hydrogens is 375 g/mol. The Morgan fingerprint density at radius 3 is 2.64 bits per heavy atom. The van der Waals surface area contributed by atoms with Crippen molar-refractivity contribution in [3.8, 4) is 17.2 Å². The van der Waals surface area contributed by atoms with Crippen molar-refractivity contribution in [1.29, 1.82) is 0 Å². The molecule has 2 heterocycles. The van der Waals surface area contributed by atoms with Gasteiger partial charge in [0.25, 0.3) is 0 Å². The molecular formula is C20H16F3NO4. The van der Waals surface area contributed by atoms with E-state index in [1.807, 2.05) is 0 Å². The van der Waals surface area contributed by atoms with Gasteiger partial charge in [-0.05, 0) is 42.7 Å². The van der Waals surface area contributed by atoms with Gasteiger partial charge in [0.15, 0.2) is 11.5 Å². The molecule has 0 saturated heterocycles. The molecule has 0 radical (unpaired) electrons. The zero-order valence-corrected chi connectivity index (χ0v) is 14.6. The van der Waals surface area contributed by atoms with Crippen LogP contribution in [-0.2, 0) is 11.0 Å². The number of amides is 1. The van der Waals surface area contributed by atoms with Crippen molar-refractivity contribution in [2.24, 2.45) is 0 Å². The predicted octanol–water partition coefficient (Wildman–Crippen LogP) is 4.63. The van der Waals surface area contributed by atoms with Gasteiger partial charge in [0.1, 0.15) is 5.75 Å². The molecule has 8 heteroatoms. The Hall–Kier alpha value is -3.16. The van der Waals surface area contributed by atoms with Gasteiger partial charge >= 0.3 is 6.18 Å². The molecule has 5 nitrogen and oxygen atoms in total. The number of carbonyl (C=O) groups is 1. The Labute approximate surface area is 158 Å². The number of hydrogen-bond acceptors (Lipinski definition) is 4. The third-order valence-electron chi connectivity index (χ3n) is 4.45. The number of allylic oxidation sites excluding steroid dienone is 1. The monoisotopic (exact) mass is 391 g/mol. The maximum absolute atomic E-state index is 13.0. The van der Waals surface area contributed by atoms with Crippen molar-refractivity contribution >= 4 is 17.2 Å². The Balaban J connectivity index is 1.58. The van der Waals surface area contributed by atoms with E-state index in [9.17, 15) is 18.0 Å². The molecule has 4 rings (SSSR count). The highest BCUT2D eigenvalue weighted by molar-refractivity contribution is 6.04. The first kappa shape index (κ1) is 18.2. The molecule has 0 saturated carbocycles. The zero-order chi connectivity index (χ0) is 19.7. The molecule has 0 spiro atoms. The number of anilines is 1. The highest BCUT2D eigenvalue weighted by atomic mass is 19.4. The Kier molecular flexibility index (Phi) is 4.62. The van der Waals surface area contributed by atoms with Crippen LogP contribution in [0, 0.1) is 0 Å². The van der Waals surface area contributed by atoms with E-state index >= 15 is 0 Å². The summed E-state index contributed by atoms with van der Waals surface area (Å²) < 4.78 is 54.8. The summed E-state index contributed by atoms with van der Waals surface area (Å²) in [4.78, 5) is 12.4. The second-order valence-electron chi connectivity index (χ2n) is 6.39. The Morgan fingerprint density at radius 1 is 1.00 bits per heavy atom. The lowest BCUT2D eigenvalue weighted by Crippen LogP contribution is -2.09. The molecule has 0 unspecified atom stereocenters. The Morgan fingerprint density at radius 2 is 1.82 bits per heavy atom. The van der Waals surface area contributed by atoms with Crippen molar-refractivity contribution in [3.05, 3.63) is 53.6 Å². The molecule has 0 bridgehead atoms. The number of hydrogen-bond donors (Lipinski definition) is 1. The molecule has 0 fully saturated rings. The largest absolute Gasteiger partial charge is 0.493 e. The van der Waals surface area contributed by atoms with Gasteiger partial charge in [-0.15, -0.1) is 0 Å². The van der Waals surface area contributed by atoms with Crippen molar-refractivity contribution in [2.75, 3.05) is 18.7 Å². The first-order valence-corrected chi connectivity index (χ1v) is 8.66. The summed E-state index contributed by atoms with van der Waals surface area (Å²) in [5, 5.41) is 2.73. The lowest BCUT2D eigenvalue weighted by atomic mass is 9.99. The molecule has 1 N–H and O–H groups in total. The maximum Gasteiger partial charge on any atom is 0.416 e. The number of nitrogens with one attached hydrogen (secondary N) is 1. The number of rotatable bonds is 2. The highest BCUT2D eigenvalue weighted by Gasteiger charge is 2.32. The van der Waals surface area contributed by atoms with Crippen molar-refractivity contribution in [2.45, 2.75) is 19.0 Å². The minimum atomic E-state index is -4.45. The van der Waals surface area contributed by atoms with Gasteiger partial charge in [0.2, 0.25) is 12.7 Å². The molecule has 2 aromatic rings. The summed E-state index contributed by atoms with van der Waals surface area (Å²) in [6.07, 6.45) is -1.94. The van der Waals surface area contributed by atoms with E-state index in [0.29, 0.717) is 41.2 Å². The van der Waals surface area contributed by atoms with Crippen LogP contribution in [0.2, 0.25) is 0 Å². The lowest BCUT2D eigenvalue weighted by Gasteiger charge is -2.13. The number of alkyl halides is 3. The fourth-order valence-corrected chi connectivity index (χ4v) is 3.12. The minimum absolute atomic E-state index is 0.132. The van der Waals surface area contributed by atoms with Gasteiger partial charge in [0, 0.05) is 23.4 Å². The number of benzene rings is 2. The number of halogens is 3. The van der Waals surface area contributed by atoms with Gasteiger partial charge in [-0.2, -0.15) is 13.2 Å². The summed E-state index contributed by atoms with van der Waals surface area (Å²) in [5.74, 6) is 0.890. The minimum Gasteiger partial charge on any atom is -0.493 e. The van der Waals surface area contributed by atoms with Crippen LogP contribution in [0.15, 0.2) is 42.5 Å². The summed E-state index contributed by atoms with van der Waals surface area (Å²) in [5.41, 5.74) is 0.867. The van der Waals surface area contributed by atoms with Gasteiger partial charge in [0.05, 0.1) is 12.2 Å². The Bertz CT molecular complexity index is 953. The normalized spacial score (nSPS) is 16.9. The average Bonchev–Trinajstić information content (AvgIpc) is 3.02. The number of ether oxygens (including phenoxy) is 3. The zero-order valence-electron chi connectivity index (χ0n) is 14.6. The molecule has 0 aromatic heterocycles. The highest BCUT2D eigenvalue weighted by Crippen LogP contribution is 2.38. The van der Waals surface area contributed by atoms with E-state index < -0.39 is 11.7 Å². The molecule has 28 heavy (non-hydrogen) atoms. The van der Waals surface area contributed by atoms with E-state index in [-0.39, 0.29) is 25.1 Å². The van der Waals surface area contributed by atoms with Crippen LogP contribution >= 0.6 is 0 Å². The second kappa shape index (κ2) is 7.10. The van der Waals surface area contributed by atoms with Crippen molar-refractivity contribution < 1.29 is 32.2 Å². The number of carbonyl (C=O) groups excluding carboxylic acids is 1. The topological polar surface area (TPSA) is 56.8 Å². The van der Waals surface area contributed by atoms with Gasteiger partial charge in [-0.1, -0.05) is 6.07 Å². The smallest absolute Gasteiger partial charge is 0.416 e. The summed E-state index contributed by atoms with van der Waals surface area (Å²) in [6.45, 7) is 0.420. The average molecular weight is 391 g/mol. The fourth-order valence-electron chi connectivity index (χ4n) is 3.12. The summed E-state index contributed by atoms with van der Waals surface area (Å²) in [6, 6.07) is 8.35. The van der Waals surface area contributed by atoms with E-state index in [2.05, 4.69) is 5.32 Å². The second-order valence-corrected chi connectivity index (χ2v) is 6.39. The predicted molar refractivity (Wildman–Crippen MR) is 95.3 cm³/mol. The van der Waals surface area contributed by atoms with Crippen LogP contribution in [0.4, 0.5) is 18.9 Å². The lowest BCUT2D eigenvalue weighted by molar-refractivity contribution is -0.137. The first-order chi connectivity index (χ1) is 13.4. The van der Waals surface area contributed by atoms with Crippen LogP contribution in [0.3, 0.4) is 0 Å². The number of fused-ring (bicyclic) bond motifs is 2. The van der Waals surface area contributed by atoms with Crippen molar-refractivity contribution in [3.63, 3.8) is 0 Å². The standard InChI is InChI=1S/C20H16F3NO4/c21-20(22,23)13-3-5-15-12(2-1-7-26-17(15)9-13)8-19(25)24-14-4-6-16-18(10-14)28-11-27-16/h3-6,8-10H,1-2,7,11H2,(H,24,25)/b12-8+. The summed E-state index contributed by atoms with van der Waals surface area (Å²) in [7, 11) is 0. The molecule has 1 amide bonds. The van der Waals surface area contributed by atoms with Gasteiger partial charge in [-0.3, -0.25) is 4.79 Å². The summed E-state index contributed by atoms with van der Waals surface area (Å²) >= 11 is 0. The molecule has 2 aromatic carbocycles. The molecule has 0 aliphatic carbocycles. The quantitative estimate of drug-likeness (QED) is 0.759.